The van der Waals surface area contributed by atoms with E-state index < -0.39 is 0 Å². The molecule has 164 valence electrons. The average molecular weight is 432 g/mol. The lowest BCUT2D eigenvalue weighted by Gasteiger charge is -2.38. The Labute approximate surface area is 183 Å². The number of nitrogens with zero attached hydrogens (tertiary/aromatic N) is 1. The number of hydrogen-bond acceptors (Lipinski definition) is 4. The topological polar surface area (TPSA) is 70.7 Å². The molecule has 0 aromatic carbocycles. The molecule has 1 atom stereocenters. The van der Waals surface area contributed by atoms with Gasteiger partial charge in [0.15, 0.2) is 0 Å². The molecule has 1 unspecified atom stereocenters. The number of likely N-dealkylation sites (tertiary alicyclic amines) is 1. The van der Waals surface area contributed by atoms with E-state index >= 15 is 0 Å². The zero-order valence-corrected chi connectivity index (χ0v) is 18.5. The van der Waals surface area contributed by atoms with Crippen molar-refractivity contribution < 1.29 is 14.3 Å². The third-order valence-corrected chi connectivity index (χ3v) is 7.69. The Morgan fingerprint density at radius 1 is 1.23 bits per heavy atom. The highest BCUT2D eigenvalue weighted by molar-refractivity contribution is 7.10. The molecule has 0 bridgehead atoms. The maximum Gasteiger partial charge on any atom is 0.315 e. The predicted molar refractivity (Wildman–Crippen MR) is 118 cm³/mol. The van der Waals surface area contributed by atoms with Crippen molar-refractivity contribution in [2.24, 2.45) is 5.92 Å². The van der Waals surface area contributed by atoms with E-state index in [1.54, 1.807) is 11.3 Å². The molecule has 0 saturated carbocycles. The van der Waals surface area contributed by atoms with Gasteiger partial charge in [0, 0.05) is 43.3 Å². The quantitative estimate of drug-likeness (QED) is 0.665. The maximum absolute atomic E-state index is 12.8. The number of piperidine rings is 1. The molecular weight excluding hydrogens is 398 g/mol. The van der Waals surface area contributed by atoms with Crippen molar-refractivity contribution in [3.8, 4) is 0 Å². The minimum Gasteiger partial charge on any atom is -0.381 e. The molecule has 0 radical (unpaired) electrons. The second-order valence-electron chi connectivity index (χ2n) is 8.60. The molecule has 3 aliphatic rings. The SMILES string of the molecule is O=C(NCCCC(=O)N1CCCC2CCCC=C21)NC1(c2cccs2)CCOCC1. The molecule has 1 aromatic heterocycles. The molecule has 3 heterocycles. The molecule has 3 amide bonds. The predicted octanol–water partition coefficient (Wildman–Crippen LogP) is 4.14. The number of rotatable bonds is 6. The monoisotopic (exact) mass is 431 g/mol. The fourth-order valence-corrected chi connectivity index (χ4v) is 5.93. The molecule has 2 aliphatic heterocycles. The Kier molecular flexibility index (Phi) is 7.10. The number of nitrogens with one attached hydrogen (secondary N) is 2. The highest BCUT2D eigenvalue weighted by atomic mass is 32.1. The fourth-order valence-electron chi connectivity index (χ4n) is 4.99. The Bertz CT molecular complexity index is 756. The van der Waals surface area contributed by atoms with E-state index in [9.17, 15) is 9.59 Å². The van der Waals surface area contributed by atoms with E-state index in [4.69, 9.17) is 4.74 Å². The van der Waals surface area contributed by atoms with Gasteiger partial charge in [-0.1, -0.05) is 12.1 Å². The van der Waals surface area contributed by atoms with Crippen LogP contribution in [0.15, 0.2) is 29.3 Å². The first-order valence-electron chi connectivity index (χ1n) is 11.4. The number of hydrogen-bond donors (Lipinski definition) is 2. The molecule has 7 heteroatoms. The van der Waals surface area contributed by atoms with Gasteiger partial charge >= 0.3 is 6.03 Å². The van der Waals surface area contributed by atoms with Gasteiger partial charge in [-0.15, -0.1) is 11.3 Å². The lowest BCUT2D eigenvalue weighted by Crippen LogP contribution is -2.52. The Hall–Kier alpha value is -1.86. The van der Waals surface area contributed by atoms with Gasteiger partial charge in [0.05, 0.1) is 5.54 Å². The number of carbonyl (C=O) groups is 2. The van der Waals surface area contributed by atoms with Crippen LogP contribution < -0.4 is 10.6 Å². The number of carbonyl (C=O) groups excluding carboxylic acids is 2. The summed E-state index contributed by atoms with van der Waals surface area (Å²) in [4.78, 5) is 28.5. The molecule has 4 rings (SSSR count). The minimum absolute atomic E-state index is 0.161. The summed E-state index contributed by atoms with van der Waals surface area (Å²) >= 11 is 1.67. The molecule has 30 heavy (non-hydrogen) atoms. The van der Waals surface area contributed by atoms with Crippen LogP contribution in [0.2, 0.25) is 0 Å². The van der Waals surface area contributed by atoms with Gasteiger partial charge < -0.3 is 20.3 Å². The van der Waals surface area contributed by atoms with Crippen molar-refractivity contribution >= 4 is 23.3 Å². The number of allylic oxidation sites excluding steroid dienone is 2. The van der Waals surface area contributed by atoms with Gasteiger partial charge in [0.1, 0.15) is 0 Å². The van der Waals surface area contributed by atoms with Crippen molar-refractivity contribution in [3.63, 3.8) is 0 Å². The summed E-state index contributed by atoms with van der Waals surface area (Å²) in [5.41, 5.74) is 0.920. The van der Waals surface area contributed by atoms with Crippen LogP contribution in [0.5, 0.6) is 0 Å². The molecule has 6 nitrogen and oxygen atoms in total. The summed E-state index contributed by atoms with van der Waals surface area (Å²) in [5, 5.41) is 8.21. The minimum atomic E-state index is -0.345. The van der Waals surface area contributed by atoms with Crippen LogP contribution in [0.3, 0.4) is 0 Å². The summed E-state index contributed by atoms with van der Waals surface area (Å²) in [6, 6.07) is 3.95. The van der Waals surface area contributed by atoms with E-state index in [1.807, 2.05) is 16.3 Å². The van der Waals surface area contributed by atoms with Crippen molar-refractivity contribution in [1.82, 2.24) is 15.5 Å². The first-order valence-corrected chi connectivity index (χ1v) is 12.2. The molecule has 2 fully saturated rings. The number of ether oxygens (including phenoxy) is 1. The first kappa shape index (κ1) is 21.4. The Balaban J connectivity index is 1.23. The third-order valence-electron chi connectivity index (χ3n) is 6.62. The van der Waals surface area contributed by atoms with Crippen molar-refractivity contribution in [3.05, 3.63) is 34.2 Å². The zero-order chi connectivity index (χ0) is 20.8. The van der Waals surface area contributed by atoms with Crippen LogP contribution in [-0.4, -0.2) is 43.1 Å². The van der Waals surface area contributed by atoms with E-state index in [0.717, 1.165) is 32.2 Å². The Morgan fingerprint density at radius 2 is 2.07 bits per heavy atom. The van der Waals surface area contributed by atoms with Crippen LogP contribution in [0.25, 0.3) is 0 Å². The van der Waals surface area contributed by atoms with Crippen LogP contribution in [0.4, 0.5) is 4.79 Å². The van der Waals surface area contributed by atoms with Crippen LogP contribution >= 0.6 is 11.3 Å². The van der Waals surface area contributed by atoms with Gasteiger partial charge in [-0.05, 0) is 68.7 Å². The fraction of sp³-hybridized carbons (Fsp3) is 0.652. The summed E-state index contributed by atoms with van der Waals surface area (Å²) < 4.78 is 5.51. The third kappa shape index (κ3) is 4.89. The largest absolute Gasteiger partial charge is 0.381 e. The van der Waals surface area contributed by atoms with E-state index in [2.05, 4.69) is 22.8 Å². The molecule has 2 saturated heterocycles. The van der Waals surface area contributed by atoms with Gasteiger partial charge in [0.2, 0.25) is 5.91 Å². The summed E-state index contributed by atoms with van der Waals surface area (Å²) in [6.07, 6.45) is 10.8. The smallest absolute Gasteiger partial charge is 0.315 e. The number of thiophene rings is 1. The molecular formula is C23H33N3O3S. The first-order chi connectivity index (χ1) is 14.7. The summed E-state index contributed by atoms with van der Waals surface area (Å²) in [5.74, 6) is 0.780. The molecule has 2 N–H and O–H groups in total. The zero-order valence-electron chi connectivity index (χ0n) is 17.7. The highest BCUT2D eigenvalue weighted by Gasteiger charge is 2.37. The maximum atomic E-state index is 12.8. The van der Waals surface area contributed by atoms with Gasteiger partial charge in [-0.25, -0.2) is 4.79 Å². The van der Waals surface area contributed by atoms with Gasteiger partial charge in [-0.3, -0.25) is 4.79 Å². The van der Waals surface area contributed by atoms with Crippen molar-refractivity contribution in [2.45, 2.75) is 63.3 Å². The molecule has 1 aromatic rings. The van der Waals surface area contributed by atoms with Crippen LogP contribution in [0.1, 0.15) is 62.7 Å². The second-order valence-corrected chi connectivity index (χ2v) is 9.55. The lowest BCUT2D eigenvalue weighted by atomic mass is 9.85. The van der Waals surface area contributed by atoms with E-state index in [1.165, 1.54) is 29.8 Å². The summed E-state index contributed by atoms with van der Waals surface area (Å²) in [6.45, 7) is 2.66. The van der Waals surface area contributed by atoms with Crippen molar-refractivity contribution in [1.29, 1.82) is 0 Å². The number of urea groups is 1. The molecule has 1 aliphatic carbocycles. The lowest BCUT2D eigenvalue weighted by molar-refractivity contribution is -0.130. The number of amides is 3. The van der Waals surface area contributed by atoms with Gasteiger partial charge in [-0.2, -0.15) is 0 Å². The standard InChI is InChI=1S/C23H33N3O3S/c27-21(26-14-4-7-18-6-1-2-8-19(18)26)10-3-13-24-22(28)25-23(11-15-29-16-12-23)20-9-5-17-30-20/h5,8-9,17-18H,1-4,6-7,10-16H2,(H2,24,25,28). The van der Waals surface area contributed by atoms with Gasteiger partial charge in [0.25, 0.3) is 0 Å². The van der Waals surface area contributed by atoms with Crippen LogP contribution in [0, 0.1) is 5.92 Å². The highest BCUT2D eigenvalue weighted by Crippen LogP contribution is 2.36. The van der Waals surface area contributed by atoms with Crippen molar-refractivity contribution in [2.75, 3.05) is 26.3 Å². The van der Waals surface area contributed by atoms with E-state index in [-0.39, 0.29) is 17.5 Å². The summed E-state index contributed by atoms with van der Waals surface area (Å²) in [7, 11) is 0. The molecule has 0 spiro atoms. The van der Waals surface area contributed by atoms with E-state index in [0.29, 0.717) is 38.5 Å². The van der Waals surface area contributed by atoms with Crippen LogP contribution in [-0.2, 0) is 15.1 Å². The average Bonchev–Trinajstić information content (AvgIpc) is 3.33. The Morgan fingerprint density at radius 3 is 2.87 bits per heavy atom. The number of fused-ring (bicyclic) bond motifs is 1. The normalized spacial score (nSPS) is 23.3. The second kappa shape index (κ2) is 9.96.